The van der Waals surface area contributed by atoms with E-state index in [1.54, 1.807) is 11.8 Å². The first-order valence-electron chi connectivity index (χ1n) is 7.85. The van der Waals surface area contributed by atoms with Crippen LogP contribution in [0.4, 0.5) is 0 Å². The van der Waals surface area contributed by atoms with Crippen molar-refractivity contribution in [1.82, 2.24) is 10.2 Å². The van der Waals surface area contributed by atoms with Crippen molar-refractivity contribution in [2.75, 3.05) is 13.2 Å². The molecule has 20 heavy (non-hydrogen) atoms. The lowest BCUT2D eigenvalue weighted by Crippen LogP contribution is -2.50. The van der Waals surface area contributed by atoms with Crippen molar-refractivity contribution in [3.63, 3.8) is 0 Å². The molecule has 1 aliphatic carbocycles. The Morgan fingerprint density at radius 1 is 1.20 bits per heavy atom. The minimum Gasteiger partial charge on any atom is -0.394 e. The van der Waals surface area contributed by atoms with Crippen LogP contribution in [0.2, 0.25) is 0 Å². The van der Waals surface area contributed by atoms with Crippen molar-refractivity contribution >= 4 is 11.8 Å². The van der Waals surface area contributed by atoms with Gasteiger partial charge in [0, 0.05) is 12.5 Å². The summed E-state index contributed by atoms with van der Waals surface area (Å²) in [6, 6.07) is -0.562. The maximum absolute atomic E-state index is 12.3. The van der Waals surface area contributed by atoms with Crippen molar-refractivity contribution in [1.29, 1.82) is 0 Å². The second-order valence-corrected chi connectivity index (χ2v) is 6.08. The molecule has 0 bridgehead atoms. The fourth-order valence-corrected chi connectivity index (χ4v) is 3.32. The van der Waals surface area contributed by atoms with Crippen LogP contribution in [0.5, 0.6) is 0 Å². The smallest absolute Gasteiger partial charge is 0.245 e. The SMILES string of the molecule is CC(NC(=O)C1CCCCC1)C(=O)N1CCC[C@@H]1CO. The maximum atomic E-state index is 12.3. The van der Waals surface area contributed by atoms with E-state index in [4.69, 9.17) is 0 Å². The van der Waals surface area contributed by atoms with Gasteiger partial charge in [-0.1, -0.05) is 19.3 Å². The first kappa shape index (κ1) is 15.3. The van der Waals surface area contributed by atoms with E-state index < -0.39 is 6.04 Å². The Labute approximate surface area is 120 Å². The Morgan fingerprint density at radius 3 is 2.55 bits per heavy atom. The molecular weight excluding hydrogens is 256 g/mol. The number of carbonyl (C=O) groups is 2. The number of hydrogen-bond donors (Lipinski definition) is 2. The molecule has 1 unspecified atom stereocenters. The van der Waals surface area contributed by atoms with Gasteiger partial charge >= 0.3 is 0 Å². The third-order valence-electron chi connectivity index (χ3n) is 4.58. The summed E-state index contributed by atoms with van der Waals surface area (Å²) in [6.07, 6.45) is 7.10. The van der Waals surface area contributed by atoms with Crippen molar-refractivity contribution < 1.29 is 14.7 Å². The zero-order valence-electron chi connectivity index (χ0n) is 12.3. The predicted molar refractivity (Wildman–Crippen MR) is 76.0 cm³/mol. The molecule has 1 heterocycles. The molecule has 2 fully saturated rings. The number of rotatable bonds is 4. The molecule has 2 rings (SSSR count). The van der Waals surface area contributed by atoms with E-state index in [1.165, 1.54) is 6.42 Å². The molecule has 2 aliphatic rings. The van der Waals surface area contributed by atoms with Gasteiger partial charge in [-0.15, -0.1) is 0 Å². The van der Waals surface area contributed by atoms with Gasteiger partial charge in [-0.2, -0.15) is 0 Å². The Kier molecular flexibility index (Phi) is 5.40. The molecular formula is C15H26N2O3. The first-order valence-corrected chi connectivity index (χ1v) is 7.85. The molecule has 0 aromatic rings. The highest BCUT2D eigenvalue weighted by Crippen LogP contribution is 2.24. The summed E-state index contributed by atoms with van der Waals surface area (Å²) in [5.41, 5.74) is 0. The summed E-state index contributed by atoms with van der Waals surface area (Å²) < 4.78 is 0. The molecule has 2 amide bonds. The number of amides is 2. The third kappa shape index (κ3) is 3.51. The number of carbonyl (C=O) groups excluding carboxylic acids is 2. The lowest BCUT2D eigenvalue weighted by Gasteiger charge is -2.28. The summed E-state index contributed by atoms with van der Waals surface area (Å²) in [5.74, 6) is 0.0298. The molecule has 1 saturated carbocycles. The Bertz CT molecular complexity index is 353. The Morgan fingerprint density at radius 2 is 1.90 bits per heavy atom. The topological polar surface area (TPSA) is 69.6 Å². The zero-order valence-corrected chi connectivity index (χ0v) is 12.3. The molecule has 5 nitrogen and oxygen atoms in total. The summed E-state index contributed by atoms with van der Waals surface area (Å²) >= 11 is 0. The molecule has 1 saturated heterocycles. The normalized spacial score (nSPS) is 25.5. The van der Waals surface area contributed by atoms with E-state index in [1.807, 2.05) is 0 Å². The molecule has 0 spiro atoms. The van der Waals surface area contributed by atoms with Crippen molar-refractivity contribution in [2.24, 2.45) is 5.92 Å². The molecule has 2 N–H and O–H groups in total. The quantitative estimate of drug-likeness (QED) is 0.810. The van der Waals surface area contributed by atoms with E-state index in [9.17, 15) is 14.7 Å². The van der Waals surface area contributed by atoms with Gasteiger partial charge in [-0.05, 0) is 32.6 Å². The highest BCUT2D eigenvalue weighted by molar-refractivity contribution is 5.88. The van der Waals surface area contributed by atoms with Crippen molar-refractivity contribution in [3.8, 4) is 0 Å². The number of aliphatic hydroxyl groups is 1. The van der Waals surface area contributed by atoms with Gasteiger partial charge in [0.15, 0.2) is 0 Å². The third-order valence-corrected chi connectivity index (χ3v) is 4.58. The maximum Gasteiger partial charge on any atom is 0.245 e. The summed E-state index contributed by atoms with van der Waals surface area (Å²) in [7, 11) is 0. The second kappa shape index (κ2) is 7.07. The highest BCUT2D eigenvalue weighted by atomic mass is 16.3. The van der Waals surface area contributed by atoms with Crippen LogP contribution < -0.4 is 5.32 Å². The largest absolute Gasteiger partial charge is 0.394 e. The average molecular weight is 282 g/mol. The standard InChI is InChI=1S/C15H26N2O3/c1-11(15(20)17-9-5-8-13(17)10-18)16-14(19)12-6-3-2-4-7-12/h11-13,18H,2-10H2,1H3,(H,16,19)/t11?,13-/m1/s1. The van der Waals surface area contributed by atoms with Gasteiger partial charge in [0.25, 0.3) is 0 Å². The van der Waals surface area contributed by atoms with Gasteiger partial charge in [-0.3, -0.25) is 9.59 Å². The molecule has 114 valence electrons. The van der Waals surface area contributed by atoms with E-state index in [0.29, 0.717) is 6.54 Å². The van der Waals surface area contributed by atoms with Crippen LogP contribution in [0.15, 0.2) is 0 Å². The molecule has 0 aromatic carbocycles. The van der Waals surface area contributed by atoms with Gasteiger partial charge in [-0.25, -0.2) is 0 Å². The molecule has 5 heteroatoms. The number of hydrogen-bond acceptors (Lipinski definition) is 3. The van der Waals surface area contributed by atoms with E-state index in [0.717, 1.165) is 38.5 Å². The number of nitrogens with one attached hydrogen (secondary N) is 1. The van der Waals surface area contributed by atoms with Crippen LogP contribution in [-0.4, -0.2) is 47.1 Å². The molecule has 2 atom stereocenters. The average Bonchev–Trinajstić information content (AvgIpc) is 2.95. The van der Waals surface area contributed by atoms with Crippen LogP contribution >= 0.6 is 0 Å². The zero-order chi connectivity index (χ0) is 14.5. The minimum absolute atomic E-state index is 0.00896. The van der Waals surface area contributed by atoms with E-state index in [2.05, 4.69) is 5.32 Å². The van der Waals surface area contributed by atoms with Crippen LogP contribution in [-0.2, 0) is 9.59 Å². The predicted octanol–water partition coefficient (Wildman–Crippen LogP) is 1.05. The van der Waals surface area contributed by atoms with Crippen molar-refractivity contribution in [2.45, 2.75) is 64.0 Å². The Hall–Kier alpha value is -1.10. The van der Waals surface area contributed by atoms with Crippen LogP contribution in [0.1, 0.15) is 51.9 Å². The van der Waals surface area contributed by atoms with Crippen LogP contribution in [0.3, 0.4) is 0 Å². The fourth-order valence-electron chi connectivity index (χ4n) is 3.32. The monoisotopic (exact) mass is 282 g/mol. The van der Waals surface area contributed by atoms with Crippen LogP contribution in [0, 0.1) is 5.92 Å². The fraction of sp³-hybridized carbons (Fsp3) is 0.867. The summed E-state index contributed by atoms with van der Waals surface area (Å²) in [5, 5.41) is 12.1. The lowest BCUT2D eigenvalue weighted by atomic mass is 9.88. The van der Waals surface area contributed by atoms with Crippen molar-refractivity contribution in [3.05, 3.63) is 0 Å². The second-order valence-electron chi connectivity index (χ2n) is 6.08. The summed E-state index contributed by atoms with van der Waals surface area (Å²) in [6.45, 7) is 2.44. The first-order chi connectivity index (χ1) is 9.63. The van der Waals surface area contributed by atoms with Gasteiger partial charge in [0.05, 0.1) is 12.6 Å². The summed E-state index contributed by atoms with van der Waals surface area (Å²) in [4.78, 5) is 26.2. The van der Waals surface area contributed by atoms with E-state index in [-0.39, 0.29) is 30.4 Å². The van der Waals surface area contributed by atoms with E-state index >= 15 is 0 Å². The lowest BCUT2D eigenvalue weighted by molar-refractivity contribution is -0.138. The van der Waals surface area contributed by atoms with Gasteiger partial charge in [0.1, 0.15) is 6.04 Å². The van der Waals surface area contributed by atoms with Gasteiger partial charge < -0.3 is 15.3 Å². The minimum atomic E-state index is -0.489. The van der Waals surface area contributed by atoms with Gasteiger partial charge in [0.2, 0.25) is 11.8 Å². The Balaban J connectivity index is 1.85. The molecule has 1 aliphatic heterocycles. The highest BCUT2D eigenvalue weighted by Gasteiger charge is 2.32. The molecule has 0 aromatic heterocycles. The molecule has 0 radical (unpaired) electrons. The number of likely N-dealkylation sites (tertiary alicyclic amines) is 1. The number of aliphatic hydroxyl groups excluding tert-OH is 1. The van der Waals surface area contributed by atoms with Crippen LogP contribution in [0.25, 0.3) is 0 Å². The number of nitrogens with zero attached hydrogens (tertiary/aromatic N) is 1.